The molecule has 0 aromatic carbocycles. The summed E-state index contributed by atoms with van der Waals surface area (Å²) < 4.78 is 5.73. The predicted octanol–water partition coefficient (Wildman–Crippen LogP) is 4.96. The highest BCUT2D eigenvalue weighted by atomic mass is 16.5. The molecule has 4 rings (SSSR count). The Kier molecular flexibility index (Phi) is 3.77. The maximum absolute atomic E-state index is 11.5. The summed E-state index contributed by atoms with van der Waals surface area (Å²) in [6.45, 7) is 4.01. The van der Waals surface area contributed by atoms with Crippen LogP contribution in [0.1, 0.15) is 78.1 Å². The summed E-state index contributed by atoms with van der Waals surface area (Å²) in [5.74, 6) is 4.74. The molecule has 0 spiro atoms. The van der Waals surface area contributed by atoms with Crippen molar-refractivity contribution in [2.45, 2.75) is 84.2 Å². The molecule has 2 heteroatoms. The standard InChI is InChI=1S/C20H32O2/c1-13(21)22-19-10-9-18-17-8-7-14-5-3-4-6-15(14)16(17)11-12-20(18,19)2/h14-19H,3-12H2,1-2H3/t14-,15+,16?,17?,18?,19+,20+/m1/s1. The molecule has 22 heavy (non-hydrogen) atoms. The van der Waals surface area contributed by atoms with Gasteiger partial charge in [0.2, 0.25) is 0 Å². The van der Waals surface area contributed by atoms with Gasteiger partial charge in [0.15, 0.2) is 0 Å². The zero-order valence-electron chi connectivity index (χ0n) is 14.4. The molecule has 0 heterocycles. The molecular formula is C20H32O2. The molecule has 0 aromatic heterocycles. The normalized spacial score (nSPS) is 50.6. The number of fused-ring (bicyclic) bond motifs is 5. The molecule has 0 aliphatic heterocycles. The Morgan fingerprint density at radius 3 is 2.55 bits per heavy atom. The van der Waals surface area contributed by atoms with E-state index in [9.17, 15) is 4.79 Å². The van der Waals surface area contributed by atoms with Gasteiger partial charge in [-0.05, 0) is 74.5 Å². The molecule has 0 aromatic rings. The SMILES string of the molecule is CC(=O)O[C@H]1CCC2C3CC[C@H]4CCCC[C@@H]4C3CC[C@@]21C. The number of carbonyl (C=O) groups excluding carboxylic acids is 1. The van der Waals surface area contributed by atoms with Crippen molar-refractivity contribution in [1.29, 1.82) is 0 Å². The van der Waals surface area contributed by atoms with Crippen LogP contribution in [0, 0.1) is 35.0 Å². The van der Waals surface area contributed by atoms with Crippen LogP contribution in [0.5, 0.6) is 0 Å². The largest absolute Gasteiger partial charge is 0.462 e. The zero-order chi connectivity index (χ0) is 15.3. The Morgan fingerprint density at radius 1 is 0.909 bits per heavy atom. The van der Waals surface area contributed by atoms with Gasteiger partial charge in [-0.3, -0.25) is 4.79 Å². The van der Waals surface area contributed by atoms with E-state index in [1.807, 2.05) is 0 Å². The summed E-state index contributed by atoms with van der Waals surface area (Å²) in [4.78, 5) is 11.5. The van der Waals surface area contributed by atoms with E-state index in [-0.39, 0.29) is 17.5 Å². The van der Waals surface area contributed by atoms with Crippen molar-refractivity contribution >= 4 is 5.97 Å². The van der Waals surface area contributed by atoms with E-state index < -0.39 is 0 Å². The van der Waals surface area contributed by atoms with Crippen molar-refractivity contribution in [3.63, 3.8) is 0 Å². The van der Waals surface area contributed by atoms with Gasteiger partial charge in [0.25, 0.3) is 0 Å². The third-order valence-electron chi connectivity index (χ3n) is 8.10. The second kappa shape index (κ2) is 5.53. The van der Waals surface area contributed by atoms with Gasteiger partial charge in [-0.15, -0.1) is 0 Å². The first kappa shape index (κ1) is 15.0. The zero-order valence-corrected chi connectivity index (χ0v) is 14.4. The summed E-state index contributed by atoms with van der Waals surface area (Å²) >= 11 is 0. The van der Waals surface area contributed by atoms with E-state index in [4.69, 9.17) is 4.74 Å². The van der Waals surface area contributed by atoms with Gasteiger partial charge in [0.1, 0.15) is 6.10 Å². The Morgan fingerprint density at radius 2 is 1.73 bits per heavy atom. The fourth-order valence-corrected chi connectivity index (χ4v) is 7.17. The Bertz CT molecular complexity index is 445. The molecular weight excluding hydrogens is 272 g/mol. The van der Waals surface area contributed by atoms with E-state index >= 15 is 0 Å². The fourth-order valence-electron chi connectivity index (χ4n) is 7.17. The minimum absolute atomic E-state index is 0.0787. The van der Waals surface area contributed by atoms with Gasteiger partial charge in [-0.1, -0.05) is 26.2 Å². The second-order valence-corrected chi connectivity index (χ2v) is 8.94. The van der Waals surface area contributed by atoms with Crippen LogP contribution in [0.15, 0.2) is 0 Å². The first-order valence-corrected chi connectivity index (χ1v) is 9.77. The monoisotopic (exact) mass is 304 g/mol. The van der Waals surface area contributed by atoms with Crippen LogP contribution >= 0.6 is 0 Å². The van der Waals surface area contributed by atoms with E-state index in [1.165, 1.54) is 57.8 Å². The molecule has 3 unspecified atom stereocenters. The minimum Gasteiger partial charge on any atom is -0.462 e. The van der Waals surface area contributed by atoms with Crippen LogP contribution in [-0.2, 0) is 9.53 Å². The van der Waals surface area contributed by atoms with Crippen molar-refractivity contribution < 1.29 is 9.53 Å². The molecule has 4 saturated carbocycles. The van der Waals surface area contributed by atoms with E-state index in [1.54, 1.807) is 6.92 Å². The van der Waals surface area contributed by atoms with Gasteiger partial charge < -0.3 is 4.74 Å². The number of ether oxygens (including phenoxy) is 1. The lowest BCUT2D eigenvalue weighted by Gasteiger charge is -2.55. The molecule has 7 atom stereocenters. The first-order chi connectivity index (χ1) is 10.6. The molecule has 4 aliphatic rings. The van der Waals surface area contributed by atoms with Crippen LogP contribution in [0.25, 0.3) is 0 Å². The highest BCUT2D eigenvalue weighted by Gasteiger charge is 2.57. The van der Waals surface area contributed by atoms with Crippen molar-refractivity contribution in [3.05, 3.63) is 0 Å². The molecule has 0 amide bonds. The lowest BCUT2D eigenvalue weighted by atomic mass is 9.50. The van der Waals surface area contributed by atoms with Gasteiger partial charge >= 0.3 is 5.97 Å². The molecule has 4 aliphatic carbocycles. The quantitative estimate of drug-likeness (QED) is 0.640. The van der Waals surface area contributed by atoms with Crippen molar-refractivity contribution in [2.75, 3.05) is 0 Å². The maximum atomic E-state index is 11.5. The third-order valence-corrected chi connectivity index (χ3v) is 8.10. The second-order valence-electron chi connectivity index (χ2n) is 8.94. The molecule has 0 radical (unpaired) electrons. The number of esters is 1. The third kappa shape index (κ3) is 2.24. The van der Waals surface area contributed by atoms with Crippen LogP contribution in [0.2, 0.25) is 0 Å². The lowest BCUT2D eigenvalue weighted by Crippen LogP contribution is -2.49. The Balaban J connectivity index is 1.54. The fraction of sp³-hybridized carbons (Fsp3) is 0.950. The van der Waals surface area contributed by atoms with Crippen molar-refractivity contribution in [2.24, 2.45) is 35.0 Å². The smallest absolute Gasteiger partial charge is 0.302 e. The first-order valence-electron chi connectivity index (χ1n) is 9.77. The van der Waals surface area contributed by atoms with Crippen molar-refractivity contribution in [3.8, 4) is 0 Å². The average Bonchev–Trinajstić information content (AvgIpc) is 2.83. The molecule has 0 bridgehead atoms. The number of hydrogen-bond acceptors (Lipinski definition) is 2. The summed E-state index contributed by atoms with van der Waals surface area (Å²) in [6.07, 6.45) is 14.2. The topological polar surface area (TPSA) is 26.3 Å². The van der Waals surface area contributed by atoms with Crippen molar-refractivity contribution in [1.82, 2.24) is 0 Å². The molecule has 0 saturated heterocycles. The van der Waals surface area contributed by atoms with Gasteiger partial charge in [0.05, 0.1) is 0 Å². The van der Waals surface area contributed by atoms with Gasteiger partial charge in [-0.25, -0.2) is 0 Å². The van der Waals surface area contributed by atoms with Crippen LogP contribution in [-0.4, -0.2) is 12.1 Å². The minimum atomic E-state index is -0.0787. The van der Waals surface area contributed by atoms with Crippen LogP contribution in [0.3, 0.4) is 0 Å². The van der Waals surface area contributed by atoms with Gasteiger partial charge in [-0.2, -0.15) is 0 Å². The average molecular weight is 304 g/mol. The maximum Gasteiger partial charge on any atom is 0.302 e. The summed E-state index contributed by atoms with van der Waals surface area (Å²) in [5.41, 5.74) is 0.272. The summed E-state index contributed by atoms with van der Waals surface area (Å²) in [7, 11) is 0. The van der Waals surface area contributed by atoms with Gasteiger partial charge in [0, 0.05) is 12.3 Å². The number of hydrogen-bond donors (Lipinski definition) is 0. The Hall–Kier alpha value is -0.530. The molecule has 2 nitrogen and oxygen atoms in total. The Labute approximate surface area is 135 Å². The molecule has 124 valence electrons. The molecule has 0 N–H and O–H groups in total. The highest BCUT2D eigenvalue weighted by molar-refractivity contribution is 5.66. The summed E-state index contributed by atoms with van der Waals surface area (Å²) in [5, 5.41) is 0. The summed E-state index contributed by atoms with van der Waals surface area (Å²) in [6, 6.07) is 0. The number of rotatable bonds is 1. The van der Waals surface area contributed by atoms with E-state index in [0.29, 0.717) is 0 Å². The predicted molar refractivity (Wildman–Crippen MR) is 87.3 cm³/mol. The van der Waals surface area contributed by atoms with Crippen LogP contribution < -0.4 is 0 Å². The van der Waals surface area contributed by atoms with E-state index in [2.05, 4.69) is 6.92 Å². The lowest BCUT2D eigenvalue weighted by molar-refractivity contribution is -0.157. The van der Waals surface area contributed by atoms with E-state index in [0.717, 1.165) is 36.0 Å². The highest BCUT2D eigenvalue weighted by Crippen LogP contribution is 2.62. The molecule has 4 fully saturated rings. The number of carbonyl (C=O) groups is 1. The van der Waals surface area contributed by atoms with Crippen LogP contribution in [0.4, 0.5) is 0 Å².